The van der Waals surface area contributed by atoms with Crippen molar-refractivity contribution in [1.29, 1.82) is 0 Å². The minimum atomic E-state index is 0.822. The topological polar surface area (TPSA) is 50.7 Å². The van der Waals surface area contributed by atoms with Gasteiger partial charge in [-0.15, -0.1) is 0 Å². The summed E-state index contributed by atoms with van der Waals surface area (Å²) in [5.41, 5.74) is 0. The number of anilines is 1. The van der Waals surface area contributed by atoms with Gasteiger partial charge in [0.25, 0.3) is 0 Å². The van der Waals surface area contributed by atoms with E-state index in [0.717, 1.165) is 45.6 Å². The molecule has 0 radical (unpaired) electrons. The molecule has 6 heteroatoms. The van der Waals surface area contributed by atoms with Crippen LogP contribution in [0.5, 0.6) is 0 Å². The molecule has 2 heterocycles. The third-order valence-electron chi connectivity index (χ3n) is 2.53. The van der Waals surface area contributed by atoms with E-state index in [9.17, 15) is 0 Å². The Morgan fingerprint density at radius 2 is 2.05 bits per heavy atom. The molecule has 0 aliphatic heterocycles. The molecule has 0 saturated carbocycles. The third-order valence-corrected chi connectivity index (χ3v) is 3.87. The van der Waals surface area contributed by atoms with E-state index in [1.54, 1.807) is 18.0 Å². The van der Waals surface area contributed by atoms with Gasteiger partial charge in [0.15, 0.2) is 0 Å². The number of aryl methyl sites for hydroxylation is 1. The van der Waals surface area contributed by atoms with Crippen molar-refractivity contribution in [2.45, 2.75) is 36.7 Å². The molecule has 4 nitrogen and oxygen atoms in total. The lowest BCUT2D eigenvalue weighted by Gasteiger charge is -2.08. The maximum absolute atomic E-state index is 4.54. The zero-order chi connectivity index (χ0) is 14.4. The van der Waals surface area contributed by atoms with E-state index in [1.807, 2.05) is 18.2 Å². The molecule has 2 aromatic rings. The Morgan fingerprint density at radius 1 is 1.20 bits per heavy atom. The van der Waals surface area contributed by atoms with Gasteiger partial charge in [-0.2, -0.15) is 0 Å². The van der Waals surface area contributed by atoms with Gasteiger partial charge >= 0.3 is 0 Å². The van der Waals surface area contributed by atoms with Gasteiger partial charge in [0.1, 0.15) is 21.7 Å². The minimum absolute atomic E-state index is 0.822. The third kappa shape index (κ3) is 4.45. The molecule has 2 rings (SSSR count). The quantitative estimate of drug-likeness (QED) is 0.790. The molecule has 0 bridgehead atoms. The number of halogens is 1. The summed E-state index contributed by atoms with van der Waals surface area (Å²) in [4.78, 5) is 13.4. The van der Waals surface area contributed by atoms with E-state index in [-0.39, 0.29) is 0 Å². The van der Waals surface area contributed by atoms with Gasteiger partial charge < -0.3 is 5.32 Å². The fraction of sp³-hybridized carbons (Fsp3) is 0.357. The lowest BCUT2D eigenvalue weighted by atomic mass is 10.4. The highest BCUT2D eigenvalue weighted by molar-refractivity contribution is 9.10. The molecule has 0 fully saturated rings. The summed E-state index contributed by atoms with van der Waals surface area (Å²) in [6, 6.07) is 5.93. The van der Waals surface area contributed by atoms with Gasteiger partial charge in [-0.05, 0) is 46.2 Å². The number of aromatic nitrogens is 3. The van der Waals surface area contributed by atoms with Crippen LogP contribution in [0.25, 0.3) is 0 Å². The molecule has 0 atom stereocenters. The van der Waals surface area contributed by atoms with Crippen molar-refractivity contribution in [1.82, 2.24) is 15.0 Å². The van der Waals surface area contributed by atoms with E-state index in [0.29, 0.717) is 0 Å². The molecule has 0 saturated heterocycles. The molecular weight excluding hydrogens is 336 g/mol. The van der Waals surface area contributed by atoms with Crippen LogP contribution < -0.4 is 5.32 Å². The van der Waals surface area contributed by atoms with Gasteiger partial charge in [-0.3, -0.25) is 0 Å². The van der Waals surface area contributed by atoms with Crippen LogP contribution in [0.2, 0.25) is 0 Å². The Hall–Kier alpha value is -1.14. The van der Waals surface area contributed by atoms with Crippen molar-refractivity contribution < 1.29 is 0 Å². The smallest absolute Gasteiger partial charge is 0.131 e. The highest BCUT2D eigenvalue weighted by Crippen LogP contribution is 2.26. The SMILES string of the molecule is CCCNc1cc(Sc2ccc(Br)cn2)nc(CC)n1. The van der Waals surface area contributed by atoms with Crippen LogP contribution in [0, 0.1) is 0 Å². The van der Waals surface area contributed by atoms with E-state index < -0.39 is 0 Å². The van der Waals surface area contributed by atoms with Crippen LogP contribution in [0.3, 0.4) is 0 Å². The Bertz CT molecular complexity index is 560. The molecule has 0 unspecified atom stereocenters. The Kier molecular flexibility index (Phi) is 5.79. The number of nitrogens with zero attached hydrogens (tertiary/aromatic N) is 3. The standard InChI is InChI=1S/C14H17BrN4S/c1-3-7-16-12-8-14(19-11(4-2)18-12)20-13-6-5-10(15)9-17-13/h5-6,8-9H,3-4,7H2,1-2H3,(H,16,18,19). The van der Waals surface area contributed by atoms with E-state index >= 15 is 0 Å². The van der Waals surface area contributed by atoms with Crippen LogP contribution >= 0.6 is 27.7 Å². The number of nitrogens with one attached hydrogen (secondary N) is 1. The number of pyridine rings is 1. The first-order chi connectivity index (χ1) is 9.71. The van der Waals surface area contributed by atoms with Crippen molar-refractivity contribution in [2.24, 2.45) is 0 Å². The summed E-state index contributed by atoms with van der Waals surface area (Å²) >= 11 is 4.94. The first-order valence-electron chi connectivity index (χ1n) is 6.62. The van der Waals surface area contributed by atoms with E-state index in [1.165, 1.54) is 0 Å². The van der Waals surface area contributed by atoms with Crippen molar-refractivity contribution >= 4 is 33.5 Å². The van der Waals surface area contributed by atoms with E-state index in [4.69, 9.17) is 0 Å². The second kappa shape index (κ2) is 7.59. The van der Waals surface area contributed by atoms with Gasteiger partial charge in [0, 0.05) is 29.7 Å². The summed E-state index contributed by atoms with van der Waals surface area (Å²) in [5.74, 6) is 1.74. The maximum Gasteiger partial charge on any atom is 0.131 e. The highest BCUT2D eigenvalue weighted by atomic mass is 79.9. The maximum atomic E-state index is 4.54. The van der Waals surface area contributed by atoms with Crippen LogP contribution in [0.4, 0.5) is 5.82 Å². The van der Waals surface area contributed by atoms with Crippen molar-refractivity contribution in [3.8, 4) is 0 Å². The lowest BCUT2D eigenvalue weighted by molar-refractivity contribution is 0.876. The van der Waals surface area contributed by atoms with Crippen LogP contribution in [0.1, 0.15) is 26.1 Å². The van der Waals surface area contributed by atoms with Gasteiger partial charge in [-0.25, -0.2) is 15.0 Å². The van der Waals surface area contributed by atoms with Crippen LogP contribution in [-0.4, -0.2) is 21.5 Å². The van der Waals surface area contributed by atoms with Gasteiger partial charge in [0.05, 0.1) is 0 Å². The molecule has 0 aromatic carbocycles. The predicted octanol–water partition coefficient (Wildman–Crippen LogP) is 4.17. The molecule has 0 aliphatic rings. The summed E-state index contributed by atoms with van der Waals surface area (Å²) < 4.78 is 0.976. The highest BCUT2D eigenvalue weighted by Gasteiger charge is 2.06. The summed E-state index contributed by atoms with van der Waals surface area (Å²) in [6.45, 7) is 5.11. The van der Waals surface area contributed by atoms with E-state index in [2.05, 4.69) is 50.0 Å². The number of hydrogen-bond acceptors (Lipinski definition) is 5. The van der Waals surface area contributed by atoms with Crippen molar-refractivity contribution in [3.63, 3.8) is 0 Å². The fourth-order valence-electron chi connectivity index (χ4n) is 1.56. The summed E-state index contributed by atoms with van der Waals surface area (Å²) in [6.07, 6.45) is 3.69. The molecule has 106 valence electrons. The molecule has 1 N–H and O–H groups in total. The normalized spacial score (nSPS) is 10.6. The molecule has 0 spiro atoms. The number of rotatable bonds is 6. The fourth-order valence-corrected chi connectivity index (χ4v) is 2.57. The van der Waals surface area contributed by atoms with Crippen molar-refractivity contribution in [3.05, 3.63) is 34.7 Å². The summed E-state index contributed by atoms with van der Waals surface area (Å²) in [7, 11) is 0. The first-order valence-corrected chi connectivity index (χ1v) is 8.23. The van der Waals surface area contributed by atoms with Gasteiger partial charge in [-0.1, -0.05) is 13.8 Å². The average molecular weight is 353 g/mol. The zero-order valence-corrected chi connectivity index (χ0v) is 14.0. The van der Waals surface area contributed by atoms with Crippen LogP contribution in [0.15, 0.2) is 38.9 Å². The Morgan fingerprint density at radius 3 is 2.70 bits per heavy atom. The Balaban J connectivity index is 2.19. The Labute approximate surface area is 132 Å². The number of hydrogen-bond donors (Lipinski definition) is 1. The average Bonchev–Trinajstić information content (AvgIpc) is 2.47. The molecule has 2 aromatic heterocycles. The predicted molar refractivity (Wildman–Crippen MR) is 86.3 cm³/mol. The monoisotopic (exact) mass is 352 g/mol. The minimum Gasteiger partial charge on any atom is -0.370 e. The zero-order valence-electron chi connectivity index (χ0n) is 11.6. The second-order valence-corrected chi connectivity index (χ2v) is 6.16. The molecule has 20 heavy (non-hydrogen) atoms. The molecule has 0 aliphatic carbocycles. The van der Waals surface area contributed by atoms with Crippen LogP contribution in [-0.2, 0) is 6.42 Å². The molecular formula is C14H17BrN4S. The molecule has 0 amide bonds. The van der Waals surface area contributed by atoms with Crippen molar-refractivity contribution in [2.75, 3.05) is 11.9 Å². The summed E-state index contributed by atoms with van der Waals surface area (Å²) in [5, 5.41) is 5.16. The second-order valence-electron chi connectivity index (χ2n) is 4.20. The van der Waals surface area contributed by atoms with Gasteiger partial charge in [0.2, 0.25) is 0 Å². The lowest BCUT2D eigenvalue weighted by Crippen LogP contribution is -2.05. The largest absolute Gasteiger partial charge is 0.370 e. The first kappa shape index (κ1) is 15.3.